The van der Waals surface area contributed by atoms with Gasteiger partial charge in [-0.2, -0.15) is 0 Å². The topological polar surface area (TPSA) is 90.5 Å². The van der Waals surface area contributed by atoms with E-state index >= 15 is 0 Å². The maximum atomic E-state index is 13.4. The minimum Gasteiger partial charge on any atom is -0.355 e. The van der Waals surface area contributed by atoms with Crippen LogP contribution in [0.5, 0.6) is 0 Å². The van der Waals surface area contributed by atoms with Gasteiger partial charge in [-0.3, -0.25) is 9.59 Å². The standard InChI is InChI=1S/C25H31ClN6O2/c1-15(2)27-9-19(17-4-6-18(26)7-5-17)24(34)32-12-25(13-32)10-31(11-25)23-21-16(3)8-20(33)30-22(21)28-14-29-23/h4-7,14-16,19,27H,8-13H2,1-3H3,(H,28,29,30,33)/t16-,19-/m1/s1. The van der Waals surface area contributed by atoms with Crippen molar-refractivity contribution < 1.29 is 9.59 Å². The number of nitrogens with one attached hydrogen (secondary N) is 2. The van der Waals surface area contributed by atoms with E-state index in [1.165, 1.54) is 6.33 Å². The maximum absolute atomic E-state index is 13.4. The highest BCUT2D eigenvalue weighted by Crippen LogP contribution is 2.45. The molecular formula is C25H31ClN6O2. The van der Waals surface area contributed by atoms with Crippen LogP contribution in [0.25, 0.3) is 0 Å². The summed E-state index contributed by atoms with van der Waals surface area (Å²) in [5.41, 5.74) is 2.12. The van der Waals surface area contributed by atoms with E-state index in [-0.39, 0.29) is 29.1 Å². The van der Waals surface area contributed by atoms with Crippen LogP contribution in [0.4, 0.5) is 11.6 Å². The Kier molecular flexibility index (Phi) is 5.98. The fourth-order valence-corrected chi connectivity index (χ4v) is 5.53. The van der Waals surface area contributed by atoms with Gasteiger partial charge in [-0.1, -0.05) is 44.5 Å². The highest BCUT2D eigenvalue weighted by atomic mass is 35.5. The van der Waals surface area contributed by atoms with E-state index in [0.29, 0.717) is 29.8 Å². The van der Waals surface area contributed by atoms with Crippen molar-refractivity contribution in [1.29, 1.82) is 0 Å². The molecule has 2 fully saturated rings. The minimum atomic E-state index is -0.230. The summed E-state index contributed by atoms with van der Waals surface area (Å²) in [6.45, 7) is 10.1. The SMILES string of the molecule is CC(C)NC[C@@H](C(=O)N1CC2(C1)CN(c1ncnc3c1[C@H](C)CC(=O)N3)C2)c1ccc(Cl)cc1. The van der Waals surface area contributed by atoms with Crippen LogP contribution in [-0.2, 0) is 9.59 Å². The molecule has 3 aliphatic heterocycles. The highest BCUT2D eigenvalue weighted by molar-refractivity contribution is 6.30. The van der Waals surface area contributed by atoms with Gasteiger partial charge in [0.15, 0.2) is 0 Å². The van der Waals surface area contributed by atoms with E-state index in [1.807, 2.05) is 36.1 Å². The number of aromatic nitrogens is 2. The lowest BCUT2D eigenvalue weighted by Crippen LogP contribution is -2.73. The van der Waals surface area contributed by atoms with Crippen molar-refractivity contribution >= 4 is 35.1 Å². The molecule has 5 rings (SSSR count). The van der Waals surface area contributed by atoms with Gasteiger partial charge in [-0.25, -0.2) is 9.97 Å². The molecule has 2 N–H and O–H groups in total. The Balaban J connectivity index is 1.24. The molecule has 0 bridgehead atoms. The van der Waals surface area contributed by atoms with Gasteiger partial charge in [-0.05, 0) is 23.6 Å². The number of amides is 2. The smallest absolute Gasteiger partial charge is 0.231 e. The van der Waals surface area contributed by atoms with Gasteiger partial charge in [-0.15, -0.1) is 0 Å². The summed E-state index contributed by atoms with van der Waals surface area (Å²) in [4.78, 5) is 38.4. The van der Waals surface area contributed by atoms with Crippen LogP contribution in [0.15, 0.2) is 30.6 Å². The fourth-order valence-electron chi connectivity index (χ4n) is 5.40. The predicted molar refractivity (Wildman–Crippen MR) is 132 cm³/mol. The summed E-state index contributed by atoms with van der Waals surface area (Å²) in [5.74, 6) is 1.56. The Morgan fingerprint density at radius 1 is 1.21 bits per heavy atom. The van der Waals surface area contributed by atoms with Crippen molar-refractivity contribution in [2.75, 3.05) is 42.9 Å². The Morgan fingerprint density at radius 3 is 2.59 bits per heavy atom. The van der Waals surface area contributed by atoms with Crippen LogP contribution < -0.4 is 15.5 Å². The van der Waals surface area contributed by atoms with Gasteiger partial charge in [0.25, 0.3) is 0 Å². The summed E-state index contributed by atoms with van der Waals surface area (Å²) in [6, 6.07) is 7.90. The molecule has 0 aliphatic carbocycles. The van der Waals surface area contributed by atoms with Crippen LogP contribution >= 0.6 is 11.6 Å². The summed E-state index contributed by atoms with van der Waals surface area (Å²) in [5, 5.41) is 6.97. The lowest BCUT2D eigenvalue weighted by atomic mass is 9.72. The number of fused-ring (bicyclic) bond motifs is 1. The molecule has 34 heavy (non-hydrogen) atoms. The quantitative estimate of drug-likeness (QED) is 0.657. The summed E-state index contributed by atoms with van der Waals surface area (Å²) < 4.78 is 0. The number of rotatable bonds is 6. The number of hydrogen-bond donors (Lipinski definition) is 2. The lowest BCUT2D eigenvalue weighted by Gasteiger charge is -2.61. The second-order valence-corrected chi connectivity index (χ2v) is 10.8. The first-order chi connectivity index (χ1) is 16.2. The van der Waals surface area contributed by atoms with Crippen molar-refractivity contribution in [2.24, 2.45) is 5.41 Å². The summed E-state index contributed by atoms with van der Waals surface area (Å²) in [6.07, 6.45) is 1.97. The third kappa shape index (κ3) is 4.25. The van der Waals surface area contributed by atoms with E-state index < -0.39 is 0 Å². The number of carbonyl (C=O) groups is 2. The van der Waals surface area contributed by atoms with E-state index in [1.54, 1.807) is 0 Å². The fraction of sp³-hybridized carbons (Fsp3) is 0.520. The molecule has 0 radical (unpaired) electrons. The van der Waals surface area contributed by atoms with Crippen molar-refractivity contribution in [2.45, 2.75) is 45.1 Å². The molecule has 9 heteroatoms. The molecule has 1 aromatic heterocycles. The van der Waals surface area contributed by atoms with Crippen LogP contribution in [0, 0.1) is 5.41 Å². The van der Waals surface area contributed by atoms with Crippen LogP contribution in [-0.4, -0.2) is 65.4 Å². The third-order valence-electron chi connectivity index (χ3n) is 7.12. The molecule has 0 saturated carbocycles. The van der Waals surface area contributed by atoms with Gasteiger partial charge in [0.1, 0.15) is 18.0 Å². The maximum Gasteiger partial charge on any atom is 0.231 e. The molecule has 4 heterocycles. The van der Waals surface area contributed by atoms with Crippen molar-refractivity contribution in [3.05, 3.63) is 46.7 Å². The largest absolute Gasteiger partial charge is 0.355 e. The van der Waals surface area contributed by atoms with Gasteiger partial charge in [0.05, 0.1) is 5.92 Å². The number of carbonyl (C=O) groups excluding carboxylic acids is 2. The van der Waals surface area contributed by atoms with Crippen LogP contribution in [0.3, 0.4) is 0 Å². The molecule has 1 aromatic carbocycles. The van der Waals surface area contributed by atoms with Crippen LogP contribution in [0.2, 0.25) is 5.02 Å². The molecule has 8 nitrogen and oxygen atoms in total. The average Bonchev–Trinajstić information content (AvgIpc) is 2.72. The zero-order chi connectivity index (χ0) is 24.0. The summed E-state index contributed by atoms with van der Waals surface area (Å²) >= 11 is 6.07. The van der Waals surface area contributed by atoms with E-state index in [0.717, 1.165) is 43.1 Å². The van der Waals surface area contributed by atoms with Crippen molar-refractivity contribution in [3.8, 4) is 0 Å². The Bertz CT molecular complexity index is 1090. The van der Waals surface area contributed by atoms with Gasteiger partial charge in [0, 0.05) is 61.2 Å². The summed E-state index contributed by atoms with van der Waals surface area (Å²) in [7, 11) is 0. The Hall–Kier alpha value is -2.71. The minimum absolute atomic E-state index is 0.0000694. The van der Waals surface area contributed by atoms with E-state index in [2.05, 4.69) is 39.3 Å². The zero-order valence-electron chi connectivity index (χ0n) is 19.8. The molecule has 2 amide bonds. The monoisotopic (exact) mass is 482 g/mol. The first kappa shape index (κ1) is 23.1. The van der Waals surface area contributed by atoms with E-state index in [4.69, 9.17) is 11.6 Å². The van der Waals surface area contributed by atoms with Gasteiger partial charge >= 0.3 is 0 Å². The number of benzene rings is 1. The first-order valence-electron chi connectivity index (χ1n) is 11.9. The molecule has 1 spiro atoms. The highest BCUT2D eigenvalue weighted by Gasteiger charge is 2.54. The number of hydrogen-bond acceptors (Lipinski definition) is 6. The molecular weight excluding hydrogens is 452 g/mol. The first-order valence-corrected chi connectivity index (χ1v) is 12.3. The van der Waals surface area contributed by atoms with Crippen molar-refractivity contribution in [1.82, 2.24) is 20.2 Å². The van der Waals surface area contributed by atoms with Gasteiger partial charge < -0.3 is 20.4 Å². The molecule has 180 valence electrons. The number of halogens is 1. The molecule has 2 saturated heterocycles. The molecule has 0 unspecified atom stereocenters. The van der Waals surface area contributed by atoms with Crippen LogP contribution in [0.1, 0.15) is 50.2 Å². The normalized spacial score (nSPS) is 21.6. The Labute approximate surface area is 205 Å². The number of anilines is 2. The van der Waals surface area contributed by atoms with Crippen molar-refractivity contribution in [3.63, 3.8) is 0 Å². The third-order valence-corrected chi connectivity index (χ3v) is 7.37. The zero-order valence-corrected chi connectivity index (χ0v) is 20.6. The lowest BCUT2D eigenvalue weighted by molar-refractivity contribution is -0.146. The van der Waals surface area contributed by atoms with E-state index in [9.17, 15) is 9.59 Å². The average molecular weight is 483 g/mol. The second-order valence-electron chi connectivity index (χ2n) is 10.3. The molecule has 2 atom stereocenters. The van der Waals surface area contributed by atoms with Gasteiger partial charge in [0.2, 0.25) is 11.8 Å². The number of likely N-dealkylation sites (tertiary alicyclic amines) is 1. The molecule has 3 aliphatic rings. The predicted octanol–water partition coefficient (Wildman–Crippen LogP) is 3.01. The Morgan fingerprint density at radius 2 is 1.91 bits per heavy atom. The molecule has 2 aromatic rings. The second kappa shape index (κ2) is 8.82. The number of nitrogens with zero attached hydrogens (tertiary/aromatic N) is 4.